The molecule has 2 heterocycles. The van der Waals surface area contributed by atoms with Gasteiger partial charge in [0.05, 0.1) is 17.4 Å². The number of nitrogens with zero attached hydrogens (tertiary/aromatic N) is 1. The zero-order valence-corrected chi connectivity index (χ0v) is 18.9. The molecule has 2 aromatic carbocycles. The molecule has 31 heavy (non-hydrogen) atoms. The second-order valence-corrected chi connectivity index (χ2v) is 7.91. The molecule has 0 unspecified atom stereocenters. The van der Waals surface area contributed by atoms with E-state index in [1.54, 1.807) is 48.8 Å². The van der Waals surface area contributed by atoms with Crippen LogP contribution in [0.3, 0.4) is 0 Å². The standard InChI is InChI=1S/C22H25N5O2.2ClH/c1-22(7-9-23-10-8-22)13-24-20(28)15-3-2-4-17(11-15)27-21(29)16-5-6-18-19(12-16)26-14-25-18;;/h2-6,11-12,14,23H,7-10,13H2,1H3,(H,24,28)(H,25,26)(H,27,29);2*1H. The lowest BCUT2D eigenvalue weighted by atomic mass is 9.81. The fourth-order valence-corrected chi connectivity index (χ4v) is 3.62. The van der Waals surface area contributed by atoms with Crippen LogP contribution >= 0.6 is 24.8 Å². The molecule has 9 heteroatoms. The van der Waals surface area contributed by atoms with Crippen molar-refractivity contribution in [3.63, 3.8) is 0 Å². The molecule has 7 nitrogen and oxygen atoms in total. The third kappa shape index (κ3) is 5.97. The van der Waals surface area contributed by atoms with Gasteiger partial charge in [0.25, 0.3) is 11.8 Å². The lowest BCUT2D eigenvalue weighted by Gasteiger charge is -2.34. The molecule has 4 N–H and O–H groups in total. The van der Waals surface area contributed by atoms with E-state index >= 15 is 0 Å². The number of benzene rings is 2. The smallest absolute Gasteiger partial charge is 0.255 e. The van der Waals surface area contributed by atoms with E-state index in [1.165, 1.54) is 0 Å². The first kappa shape index (κ1) is 24.7. The third-order valence-electron chi connectivity index (χ3n) is 5.55. The summed E-state index contributed by atoms with van der Waals surface area (Å²) in [6, 6.07) is 12.3. The van der Waals surface area contributed by atoms with Crippen LogP contribution in [0.25, 0.3) is 11.0 Å². The molecule has 1 aromatic heterocycles. The Morgan fingerprint density at radius 1 is 1.03 bits per heavy atom. The van der Waals surface area contributed by atoms with Crippen molar-refractivity contribution >= 4 is 53.3 Å². The van der Waals surface area contributed by atoms with Crippen LogP contribution in [0.1, 0.15) is 40.5 Å². The maximum atomic E-state index is 12.6. The van der Waals surface area contributed by atoms with Crippen molar-refractivity contribution in [2.45, 2.75) is 19.8 Å². The molecule has 0 saturated carbocycles. The fourth-order valence-electron chi connectivity index (χ4n) is 3.62. The van der Waals surface area contributed by atoms with Gasteiger partial charge in [0, 0.05) is 23.4 Å². The second kappa shape index (κ2) is 10.6. The Morgan fingerprint density at radius 3 is 2.55 bits per heavy atom. The van der Waals surface area contributed by atoms with E-state index in [2.05, 4.69) is 32.8 Å². The van der Waals surface area contributed by atoms with E-state index < -0.39 is 0 Å². The van der Waals surface area contributed by atoms with Crippen molar-refractivity contribution in [1.82, 2.24) is 20.6 Å². The van der Waals surface area contributed by atoms with E-state index in [-0.39, 0.29) is 42.0 Å². The molecule has 1 saturated heterocycles. The maximum absolute atomic E-state index is 12.6. The third-order valence-corrected chi connectivity index (χ3v) is 5.55. The Morgan fingerprint density at radius 2 is 1.77 bits per heavy atom. The average Bonchev–Trinajstić information content (AvgIpc) is 3.21. The van der Waals surface area contributed by atoms with E-state index in [9.17, 15) is 9.59 Å². The molecule has 0 radical (unpaired) electrons. The van der Waals surface area contributed by atoms with Gasteiger partial charge in [0.1, 0.15) is 0 Å². The number of nitrogens with one attached hydrogen (secondary N) is 4. The zero-order valence-electron chi connectivity index (χ0n) is 17.2. The Balaban J connectivity index is 0.00000171. The lowest BCUT2D eigenvalue weighted by molar-refractivity contribution is 0.0921. The van der Waals surface area contributed by atoms with Crippen molar-refractivity contribution in [3.8, 4) is 0 Å². The van der Waals surface area contributed by atoms with Crippen LogP contribution in [0.2, 0.25) is 0 Å². The van der Waals surface area contributed by atoms with Gasteiger partial charge in [-0.15, -0.1) is 24.8 Å². The molecule has 1 aliphatic heterocycles. The first-order valence-corrected chi connectivity index (χ1v) is 9.86. The van der Waals surface area contributed by atoms with Crippen LogP contribution in [0.15, 0.2) is 48.8 Å². The highest BCUT2D eigenvalue weighted by Gasteiger charge is 2.27. The number of carbonyl (C=O) groups excluding carboxylic acids is 2. The molecular formula is C22H27Cl2N5O2. The van der Waals surface area contributed by atoms with Crippen LogP contribution < -0.4 is 16.0 Å². The number of aromatic nitrogens is 2. The molecule has 4 rings (SSSR count). The predicted octanol–water partition coefficient (Wildman–Crippen LogP) is 3.78. The van der Waals surface area contributed by atoms with E-state index in [0.29, 0.717) is 23.4 Å². The number of hydrogen-bond donors (Lipinski definition) is 4. The number of aromatic amines is 1. The summed E-state index contributed by atoms with van der Waals surface area (Å²) in [6.45, 7) is 4.83. The molecular weight excluding hydrogens is 437 g/mol. The van der Waals surface area contributed by atoms with Crippen molar-refractivity contribution in [2.24, 2.45) is 5.41 Å². The highest BCUT2D eigenvalue weighted by molar-refractivity contribution is 6.06. The van der Waals surface area contributed by atoms with Crippen molar-refractivity contribution in [1.29, 1.82) is 0 Å². The van der Waals surface area contributed by atoms with Gasteiger partial charge in [0.2, 0.25) is 0 Å². The van der Waals surface area contributed by atoms with Crippen LogP contribution in [-0.2, 0) is 0 Å². The lowest BCUT2D eigenvalue weighted by Crippen LogP contribution is -2.42. The van der Waals surface area contributed by atoms with Gasteiger partial charge in [-0.3, -0.25) is 9.59 Å². The molecule has 0 atom stereocenters. The molecule has 1 fully saturated rings. The zero-order chi connectivity index (χ0) is 20.3. The fraction of sp³-hybridized carbons (Fsp3) is 0.318. The normalized spacial score (nSPS) is 14.7. The summed E-state index contributed by atoms with van der Waals surface area (Å²) in [5.41, 5.74) is 3.37. The number of anilines is 1. The van der Waals surface area contributed by atoms with Gasteiger partial charge in [-0.05, 0) is 67.7 Å². The van der Waals surface area contributed by atoms with E-state index in [1.807, 2.05) is 0 Å². The topological polar surface area (TPSA) is 98.9 Å². The number of rotatable bonds is 5. The first-order valence-electron chi connectivity index (χ1n) is 9.86. The molecule has 2 amide bonds. The van der Waals surface area contributed by atoms with Crippen LogP contribution in [0.5, 0.6) is 0 Å². The van der Waals surface area contributed by atoms with Crippen LogP contribution in [-0.4, -0.2) is 41.4 Å². The number of piperidine rings is 1. The van der Waals surface area contributed by atoms with Gasteiger partial charge >= 0.3 is 0 Å². The number of carbonyl (C=O) groups is 2. The summed E-state index contributed by atoms with van der Waals surface area (Å²) in [5.74, 6) is -0.360. The van der Waals surface area contributed by atoms with Crippen molar-refractivity contribution in [2.75, 3.05) is 25.0 Å². The van der Waals surface area contributed by atoms with Gasteiger partial charge in [-0.25, -0.2) is 4.98 Å². The van der Waals surface area contributed by atoms with E-state index in [4.69, 9.17) is 0 Å². The van der Waals surface area contributed by atoms with Gasteiger partial charge in [-0.1, -0.05) is 13.0 Å². The summed E-state index contributed by atoms with van der Waals surface area (Å²) >= 11 is 0. The van der Waals surface area contributed by atoms with Gasteiger partial charge in [-0.2, -0.15) is 0 Å². The Labute approximate surface area is 193 Å². The van der Waals surface area contributed by atoms with E-state index in [0.717, 1.165) is 37.0 Å². The van der Waals surface area contributed by atoms with Gasteiger partial charge < -0.3 is 20.9 Å². The minimum atomic E-state index is -0.235. The summed E-state index contributed by atoms with van der Waals surface area (Å²) in [4.78, 5) is 32.3. The number of fused-ring (bicyclic) bond motifs is 1. The molecule has 1 aliphatic rings. The molecule has 3 aromatic rings. The Bertz CT molecular complexity index is 1050. The summed E-state index contributed by atoms with van der Waals surface area (Å²) in [7, 11) is 0. The Kier molecular flexibility index (Phi) is 8.44. The summed E-state index contributed by atoms with van der Waals surface area (Å²) < 4.78 is 0. The van der Waals surface area contributed by atoms with Crippen LogP contribution in [0, 0.1) is 5.41 Å². The summed E-state index contributed by atoms with van der Waals surface area (Å²) in [6.07, 6.45) is 3.69. The number of imidazole rings is 1. The number of halogens is 2. The highest BCUT2D eigenvalue weighted by atomic mass is 35.5. The van der Waals surface area contributed by atoms with Crippen molar-refractivity contribution in [3.05, 3.63) is 59.9 Å². The Hall–Kier alpha value is -2.61. The molecule has 0 bridgehead atoms. The predicted molar refractivity (Wildman–Crippen MR) is 128 cm³/mol. The number of amides is 2. The van der Waals surface area contributed by atoms with Crippen molar-refractivity contribution < 1.29 is 9.59 Å². The minimum Gasteiger partial charge on any atom is -0.351 e. The number of hydrogen-bond acceptors (Lipinski definition) is 4. The van der Waals surface area contributed by atoms with Gasteiger partial charge in [0.15, 0.2) is 0 Å². The molecule has 0 aliphatic carbocycles. The average molecular weight is 464 g/mol. The molecule has 0 spiro atoms. The quantitative estimate of drug-likeness (QED) is 0.462. The SMILES string of the molecule is CC1(CNC(=O)c2cccc(NC(=O)c3ccc4nc[nH]c4c3)c2)CCNCC1.Cl.Cl. The monoisotopic (exact) mass is 463 g/mol. The second-order valence-electron chi connectivity index (χ2n) is 7.91. The minimum absolute atomic E-state index is 0. The largest absolute Gasteiger partial charge is 0.351 e. The highest BCUT2D eigenvalue weighted by Crippen LogP contribution is 2.26. The maximum Gasteiger partial charge on any atom is 0.255 e. The first-order chi connectivity index (χ1) is 14.0. The number of H-pyrrole nitrogens is 1. The molecule has 166 valence electrons. The summed E-state index contributed by atoms with van der Waals surface area (Å²) in [5, 5.41) is 9.26. The van der Waals surface area contributed by atoms with Crippen LogP contribution in [0.4, 0.5) is 5.69 Å².